The summed E-state index contributed by atoms with van der Waals surface area (Å²) in [6.07, 6.45) is 0. The van der Waals surface area contributed by atoms with Gasteiger partial charge in [-0.3, -0.25) is 0 Å². The van der Waals surface area contributed by atoms with Gasteiger partial charge in [0.25, 0.3) is 0 Å². The molecule has 0 saturated carbocycles. The summed E-state index contributed by atoms with van der Waals surface area (Å²) >= 11 is 0. The highest BCUT2D eigenvalue weighted by Gasteiger charge is 2.16. The zero-order chi connectivity index (χ0) is 13.9. The lowest BCUT2D eigenvalue weighted by molar-refractivity contribution is 0.340. The van der Waals surface area contributed by atoms with E-state index in [1.165, 1.54) is 11.1 Å². The van der Waals surface area contributed by atoms with E-state index in [0.717, 1.165) is 11.3 Å². The quantitative estimate of drug-likeness (QED) is 0.744. The van der Waals surface area contributed by atoms with Gasteiger partial charge >= 0.3 is 0 Å². The molecule has 1 nitrogen and oxygen atoms in total. The summed E-state index contributed by atoms with van der Waals surface area (Å²) in [6, 6.07) is 16.9. The van der Waals surface area contributed by atoms with E-state index in [1.54, 1.807) is 0 Å². The third-order valence-corrected chi connectivity index (χ3v) is 3.23. The summed E-state index contributed by atoms with van der Waals surface area (Å²) in [7, 11) is 0. The summed E-state index contributed by atoms with van der Waals surface area (Å²) in [4.78, 5) is 0. The second kappa shape index (κ2) is 5.48. The molecule has 0 atom stereocenters. The molecule has 0 unspecified atom stereocenters. The first kappa shape index (κ1) is 13.7. The molecule has 0 fully saturated rings. The Kier molecular flexibility index (Phi) is 3.94. The third-order valence-electron chi connectivity index (χ3n) is 3.23. The van der Waals surface area contributed by atoms with Crippen molar-refractivity contribution < 1.29 is 4.74 Å². The fraction of sp³-hybridized carbons (Fsp3) is 0.333. The van der Waals surface area contributed by atoms with Crippen LogP contribution in [0.4, 0.5) is 0 Å². The summed E-state index contributed by atoms with van der Waals surface area (Å²) in [5, 5.41) is 0. The predicted octanol–water partition coefficient (Wildman–Crippen LogP) is 5.05. The van der Waals surface area contributed by atoms with Crippen LogP contribution in [0.15, 0.2) is 48.5 Å². The SMILES string of the molecule is CCOc1cc(C(C)(C)C)ccc1-c1ccccc1. The summed E-state index contributed by atoms with van der Waals surface area (Å²) < 4.78 is 5.83. The van der Waals surface area contributed by atoms with Gasteiger partial charge in [-0.05, 0) is 29.5 Å². The molecule has 0 spiro atoms. The van der Waals surface area contributed by atoms with Gasteiger partial charge in [0.2, 0.25) is 0 Å². The summed E-state index contributed by atoms with van der Waals surface area (Å²) in [6.45, 7) is 9.38. The Morgan fingerprint density at radius 3 is 2.21 bits per heavy atom. The number of hydrogen-bond acceptors (Lipinski definition) is 1. The molecule has 0 aliphatic carbocycles. The maximum atomic E-state index is 5.83. The van der Waals surface area contributed by atoms with Gasteiger partial charge < -0.3 is 4.74 Å². The van der Waals surface area contributed by atoms with E-state index in [1.807, 2.05) is 13.0 Å². The molecule has 2 rings (SSSR count). The molecule has 19 heavy (non-hydrogen) atoms. The van der Waals surface area contributed by atoms with E-state index in [9.17, 15) is 0 Å². The highest BCUT2D eigenvalue weighted by Crippen LogP contribution is 2.34. The van der Waals surface area contributed by atoms with E-state index >= 15 is 0 Å². The van der Waals surface area contributed by atoms with Crippen LogP contribution in [-0.2, 0) is 5.41 Å². The topological polar surface area (TPSA) is 9.23 Å². The fourth-order valence-electron chi connectivity index (χ4n) is 2.12. The second-order valence-electron chi connectivity index (χ2n) is 5.76. The van der Waals surface area contributed by atoms with Gasteiger partial charge in [0.15, 0.2) is 0 Å². The smallest absolute Gasteiger partial charge is 0.127 e. The van der Waals surface area contributed by atoms with Crippen LogP contribution in [-0.4, -0.2) is 6.61 Å². The van der Waals surface area contributed by atoms with Crippen LogP contribution >= 0.6 is 0 Å². The average Bonchev–Trinajstić information content (AvgIpc) is 2.39. The van der Waals surface area contributed by atoms with Crippen LogP contribution in [0.5, 0.6) is 5.75 Å². The van der Waals surface area contributed by atoms with Gasteiger partial charge in [0.1, 0.15) is 5.75 Å². The van der Waals surface area contributed by atoms with Crippen molar-refractivity contribution in [1.29, 1.82) is 0 Å². The minimum atomic E-state index is 0.140. The van der Waals surface area contributed by atoms with E-state index in [2.05, 4.69) is 63.2 Å². The van der Waals surface area contributed by atoms with Crippen LogP contribution in [0.3, 0.4) is 0 Å². The fourth-order valence-corrected chi connectivity index (χ4v) is 2.12. The number of benzene rings is 2. The monoisotopic (exact) mass is 254 g/mol. The van der Waals surface area contributed by atoms with Gasteiger partial charge in [-0.1, -0.05) is 63.2 Å². The van der Waals surface area contributed by atoms with Crippen LogP contribution in [0, 0.1) is 0 Å². The lowest BCUT2D eigenvalue weighted by Crippen LogP contribution is -2.11. The molecule has 0 aromatic heterocycles. The second-order valence-corrected chi connectivity index (χ2v) is 5.76. The predicted molar refractivity (Wildman–Crippen MR) is 81.7 cm³/mol. The number of hydrogen-bond donors (Lipinski definition) is 0. The highest BCUT2D eigenvalue weighted by atomic mass is 16.5. The standard InChI is InChI=1S/C18H22O/c1-5-19-17-13-15(18(2,3)4)11-12-16(17)14-9-7-6-8-10-14/h6-13H,5H2,1-4H3. The summed E-state index contributed by atoms with van der Waals surface area (Å²) in [5.41, 5.74) is 3.80. The van der Waals surface area contributed by atoms with Crippen LogP contribution in [0.2, 0.25) is 0 Å². The lowest BCUT2D eigenvalue weighted by atomic mass is 9.86. The lowest BCUT2D eigenvalue weighted by Gasteiger charge is -2.21. The minimum absolute atomic E-state index is 0.140. The third kappa shape index (κ3) is 3.17. The van der Waals surface area contributed by atoms with Crippen LogP contribution < -0.4 is 4.74 Å². The van der Waals surface area contributed by atoms with Gasteiger partial charge in [0.05, 0.1) is 6.61 Å². The van der Waals surface area contributed by atoms with Crippen molar-refractivity contribution >= 4 is 0 Å². The maximum absolute atomic E-state index is 5.83. The van der Waals surface area contributed by atoms with E-state index in [4.69, 9.17) is 4.74 Å². The molecule has 1 heteroatoms. The molecule has 0 aliphatic rings. The molecule has 0 amide bonds. The van der Waals surface area contributed by atoms with Crippen molar-refractivity contribution in [2.24, 2.45) is 0 Å². The molecular weight excluding hydrogens is 232 g/mol. The first-order chi connectivity index (χ1) is 9.02. The largest absolute Gasteiger partial charge is 0.493 e. The zero-order valence-electron chi connectivity index (χ0n) is 12.2. The van der Waals surface area contributed by atoms with Gasteiger partial charge in [-0.25, -0.2) is 0 Å². The highest BCUT2D eigenvalue weighted by molar-refractivity contribution is 5.71. The van der Waals surface area contributed by atoms with Gasteiger partial charge in [-0.15, -0.1) is 0 Å². The van der Waals surface area contributed by atoms with Crippen molar-refractivity contribution in [3.63, 3.8) is 0 Å². The molecule has 0 bridgehead atoms. The maximum Gasteiger partial charge on any atom is 0.127 e. The van der Waals surface area contributed by atoms with Crippen LogP contribution in [0.1, 0.15) is 33.3 Å². The van der Waals surface area contributed by atoms with Crippen LogP contribution in [0.25, 0.3) is 11.1 Å². The van der Waals surface area contributed by atoms with Crippen molar-refractivity contribution in [2.75, 3.05) is 6.61 Å². The van der Waals surface area contributed by atoms with Crippen molar-refractivity contribution in [2.45, 2.75) is 33.1 Å². The minimum Gasteiger partial charge on any atom is -0.493 e. The molecule has 0 aliphatic heterocycles. The number of ether oxygens (including phenoxy) is 1. The van der Waals surface area contributed by atoms with Gasteiger partial charge in [-0.2, -0.15) is 0 Å². The molecule has 0 saturated heterocycles. The normalized spacial score (nSPS) is 11.4. The summed E-state index contributed by atoms with van der Waals surface area (Å²) in [5.74, 6) is 0.973. The van der Waals surface area contributed by atoms with E-state index < -0.39 is 0 Å². The Labute approximate surface area is 116 Å². The molecule has 0 heterocycles. The van der Waals surface area contributed by atoms with Crippen molar-refractivity contribution in [1.82, 2.24) is 0 Å². The Balaban J connectivity index is 2.50. The Hall–Kier alpha value is -1.76. The molecule has 0 N–H and O–H groups in total. The van der Waals surface area contributed by atoms with Crippen molar-refractivity contribution in [3.8, 4) is 16.9 Å². The molecule has 100 valence electrons. The molecule has 2 aromatic carbocycles. The Morgan fingerprint density at radius 1 is 0.947 bits per heavy atom. The molecule has 2 aromatic rings. The van der Waals surface area contributed by atoms with E-state index in [-0.39, 0.29) is 5.41 Å². The zero-order valence-corrected chi connectivity index (χ0v) is 12.2. The Bertz CT molecular complexity index is 535. The van der Waals surface area contributed by atoms with E-state index in [0.29, 0.717) is 6.61 Å². The molecular formula is C18H22O. The first-order valence-electron chi connectivity index (χ1n) is 6.85. The molecule has 0 radical (unpaired) electrons. The van der Waals surface area contributed by atoms with Gasteiger partial charge in [0, 0.05) is 5.56 Å². The van der Waals surface area contributed by atoms with Crippen molar-refractivity contribution in [3.05, 3.63) is 54.1 Å². The first-order valence-corrected chi connectivity index (χ1v) is 6.85. The number of rotatable bonds is 3. The Morgan fingerprint density at radius 2 is 1.63 bits per heavy atom. The average molecular weight is 254 g/mol.